The molecular weight excluding hydrogens is 536 g/mol. The number of carbonyl (C=O) groups excluding carboxylic acids is 3. The Bertz CT molecular complexity index is 1180. The maximum Gasteiger partial charge on any atom is 0.353 e. The Morgan fingerprint density at radius 3 is 2.83 bits per heavy atom. The molecule has 14 heteroatoms. The molecule has 1 aromatic rings. The fraction of sp³-hybridized carbons (Fsp3) is 0.731. The van der Waals surface area contributed by atoms with Crippen LogP contribution in [0.25, 0.3) is 0 Å². The standard InChI is InChI=1S/C26H38N8O5S/c1-14(8-17(35)12-33-13-29-30-31-33)20-21-15(2)23(22(26(38)39)34(21)25(20)37)40-18-9-19(28-10-18)24(36)32-7-5-16(11-32)4-3-6-27/h13-16,18-21,28H,3-12,27H2,1-2H3,(H,38,39)/t14-,15+,16+,18-,19-,20+,21+/m0/s1. The number of fused-ring (bicyclic) bond motifs is 1. The number of hydrogen-bond acceptors (Lipinski definition) is 10. The molecule has 3 saturated heterocycles. The molecule has 0 aliphatic carbocycles. The van der Waals surface area contributed by atoms with Crippen LogP contribution in [0.15, 0.2) is 16.9 Å². The Labute approximate surface area is 237 Å². The van der Waals surface area contributed by atoms with Crippen molar-refractivity contribution in [2.24, 2.45) is 29.4 Å². The van der Waals surface area contributed by atoms with E-state index in [1.165, 1.54) is 27.7 Å². The van der Waals surface area contributed by atoms with Crippen molar-refractivity contribution in [3.8, 4) is 0 Å². The van der Waals surface area contributed by atoms with Gasteiger partial charge >= 0.3 is 5.97 Å². The van der Waals surface area contributed by atoms with Crippen molar-refractivity contribution in [1.29, 1.82) is 0 Å². The molecule has 0 unspecified atom stereocenters. The highest BCUT2D eigenvalue weighted by molar-refractivity contribution is 8.03. The summed E-state index contributed by atoms with van der Waals surface area (Å²) < 4.78 is 1.35. The number of amides is 2. The molecular formula is C26H38N8O5S. The molecule has 40 heavy (non-hydrogen) atoms. The number of aliphatic carboxylic acids is 1. The van der Waals surface area contributed by atoms with Crippen LogP contribution in [0.2, 0.25) is 0 Å². The summed E-state index contributed by atoms with van der Waals surface area (Å²) in [7, 11) is 0. The number of aromatic nitrogens is 4. The van der Waals surface area contributed by atoms with E-state index in [2.05, 4.69) is 20.8 Å². The van der Waals surface area contributed by atoms with Gasteiger partial charge in [0.25, 0.3) is 0 Å². The first-order chi connectivity index (χ1) is 19.2. The predicted octanol–water partition coefficient (Wildman–Crippen LogP) is 0.0924. The first kappa shape index (κ1) is 28.7. The highest BCUT2D eigenvalue weighted by Gasteiger charge is 2.60. The van der Waals surface area contributed by atoms with E-state index in [0.29, 0.717) is 30.3 Å². The second-order valence-corrected chi connectivity index (χ2v) is 12.9. The zero-order valence-corrected chi connectivity index (χ0v) is 23.8. The number of nitrogens with two attached hydrogens (primary N) is 1. The minimum Gasteiger partial charge on any atom is -0.477 e. The van der Waals surface area contributed by atoms with Crippen LogP contribution in [0.5, 0.6) is 0 Å². The second kappa shape index (κ2) is 12.0. The Morgan fingerprint density at radius 1 is 1.32 bits per heavy atom. The van der Waals surface area contributed by atoms with Crippen LogP contribution in [-0.2, 0) is 25.7 Å². The van der Waals surface area contributed by atoms with Crippen LogP contribution in [0, 0.1) is 23.7 Å². The van der Waals surface area contributed by atoms with Gasteiger partial charge in [0, 0.05) is 42.1 Å². The Balaban J connectivity index is 1.19. The van der Waals surface area contributed by atoms with Gasteiger partial charge in [0.1, 0.15) is 18.6 Å². The van der Waals surface area contributed by atoms with Crippen LogP contribution in [0.4, 0.5) is 0 Å². The summed E-state index contributed by atoms with van der Waals surface area (Å²) in [5.74, 6) is -1.68. The molecule has 4 N–H and O–H groups in total. The summed E-state index contributed by atoms with van der Waals surface area (Å²) in [5.41, 5.74) is 5.69. The van der Waals surface area contributed by atoms with Crippen molar-refractivity contribution in [3.63, 3.8) is 0 Å². The van der Waals surface area contributed by atoms with Crippen LogP contribution >= 0.6 is 11.8 Å². The molecule has 1 aromatic heterocycles. The highest BCUT2D eigenvalue weighted by atomic mass is 32.2. The van der Waals surface area contributed by atoms with Crippen LogP contribution in [0.3, 0.4) is 0 Å². The van der Waals surface area contributed by atoms with Gasteiger partial charge in [0.2, 0.25) is 11.8 Å². The third-order valence-electron chi connectivity index (χ3n) is 8.78. The second-order valence-electron chi connectivity index (χ2n) is 11.6. The number of Topliss-reactive ketones (excluding diaryl/α,β-unsaturated/α-hetero) is 1. The van der Waals surface area contributed by atoms with Gasteiger partial charge in [-0.05, 0) is 54.5 Å². The summed E-state index contributed by atoms with van der Waals surface area (Å²) in [5, 5.41) is 24.2. The number of rotatable bonds is 12. The molecule has 7 atom stereocenters. The summed E-state index contributed by atoms with van der Waals surface area (Å²) in [6.07, 6.45) is 5.19. The maximum atomic E-state index is 13.2. The van der Waals surface area contributed by atoms with Crippen LogP contribution in [-0.4, -0.2) is 102 Å². The predicted molar refractivity (Wildman–Crippen MR) is 145 cm³/mol. The van der Waals surface area contributed by atoms with E-state index in [1.807, 2.05) is 18.7 Å². The van der Waals surface area contributed by atoms with E-state index in [1.54, 1.807) is 0 Å². The monoisotopic (exact) mass is 574 g/mol. The molecule has 0 bridgehead atoms. The molecule has 2 amide bonds. The lowest BCUT2D eigenvalue weighted by Crippen LogP contribution is -2.62. The SMILES string of the molecule is C[C@@H](CC(=O)Cn1cnnn1)[C@H]1C(=O)N2C(C(=O)O)=C(S[C@@H]3CN[C@H](C(=O)N4CC[C@@H](CCCN)C4)C3)[C@H](C)[C@H]12. The van der Waals surface area contributed by atoms with Crippen LogP contribution in [0.1, 0.15) is 46.0 Å². The van der Waals surface area contributed by atoms with Gasteiger partial charge in [-0.3, -0.25) is 14.4 Å². The lowest BCUT2D eigenvalue weighted by atomic mass is 9.73. The zero-order valence-electron chi connectivity index (χ0n) is 22.9. The fourth-order valence-corrected chi connectivity index (χ4v) is 8.29. The molecule has 5 heterocycles. The van der Waals surface area contributed by atoms with Crippen LogP contribution < -0.4 is 11.1 Å². The number of likely N-dealkylation sites (tertiary alicyclic amines) is 1. The average molecular weight is 575 g/mol. The summed E-state index contributed by atoms with van der Waals surface area (Å²) in [6, 6.07) is -0.576. The van der Waals surface area contributed by atoms with Gasteiger partial charge < -0.3 is 26.0 Å². The molecule has 4 aliphatic heterocycles. The molecule has 218 valence electrons. The number of hydrogen-bond donors (Lipinski definition) is 3. The number of carboxylic acids is 1. The Kier molecular flexibility index (Phi) is 8.57. The largest absolute Gasteiger partial charge is 0.477 e. The normalized spacial score (nSPS) is 30.5. The molecule has 0 saturated carbocycles. The number of ketones is 1. The number of nitrogens with zero attached hydrogens (tertiary/aromatic N) is 6. The minimum absolute atomic E-state index is 0.0268. The van der Waals surface area contributed by atoms with Gasteiger partial charge in [-0.2, -0.15) is 0 Å². The van der Waals surface area contributed by atoms with Gasteiger partial charge in [-0.1, -0.05) is 13.8 Å². The van der Waals surface area contributed by atoms with Crippen molar-refractivity contribution in [1.82, 2.24) is 35.3 Å². The molecule has 3 fully saturated rings. The van der Waals surface area contributed by atoms with Crippen molar-refractivity contribution in [2.75, 3.05) is 26.2 Å². The lowest BCUT2D eigenvalue weighted by molar-refractivity contribution is -0.160. The number of carbonyl (C=O) groups is 4. The third kappa shape index (κ3) is 5.53. The topological polar surface area (TPSA) is 177 Å². The fourth-order valence-electron chi connectivity index (χ4n) is 6.81. The van der Waals surface area contributed by atoms with Gasteiger partial charge in [0.05, 0.1) is 18.0 Å². The van der Waals surface area contributed by atoms with E-state index >= 15 is 0 Å². The maximum absolute atomic E-state index is 13.2. The van der Waals surface area contributed by atoms with Crippen molar-refractivity contribution in [3.05, 3.63) is 16.9 Å². The quantitative estimate of drug-likeness (QED) is 0.288. The molecule has 0 radical (unpaired) electrons. The van der Waals surface area contributed by atoms with Gasteiger partial charge in [-0.25, -0.2) is 9.48 Å². The summed E-state index contributed by atoms with van der Waals surface area (Å²) in [6.45, 7) is 6.67. The Morgan fingerprint density at radius 2 is 2.12 bits per heavy atom. The average Bonchev–Trinajstić information content (AvgIpc) is 3.71. The number of tetrazole rings is 1. The number of β-lactam (4-membered cyclic amide) rings is 1. The third-order valence-corrected chi connectivity index (χ3v) is 10.3. The first-order valence-corrected chi connectivity index (χ1v) is 15.0. The molecule has 0 spiro atoms. The van der Waals surface area contributed by atoms with Gasteiger partial charge in [-0.15, -0.1) is 16.9 Å². The number of nitrogens with one attached hydrogen (secondary N) is 1. The highest BCUT2D eigenvalue weighted by Crippen LogP contribution is 2.53. The van der Waals surface area contributed by atoms with E-state index in [9.17, 15) is 24.3 Å². The first-order valence-electron chi connectivity index (χ1n) is 14.1. The molecule has 0 aromatic carbocycles. The van der Waals surface area contributed by atoms with E-state index in [0.717, 1.165) is 32.4 Å². The van der Waals surface area contributed by atoms with Crippen molar-refractivity contribution in [2.45, 2.75) is 69.8 Å². The summed E-state index contributed by atoms with van der Waals surface area (Å²) >= 11 is 1.48. The lowest BCUT2D eigenvalue weighted by Gasteiger charge is -2.47. The molecule has 5 rings (SSSR count). The number of thioether (sulfide) groups is 1. The molecule has 4 aliphatic rings. The smallest absolute Gasteiger partial charge is 0.353 e. The number of carboxylic acid groups (broad SMARTS) is 1. The molecule has 13 nitrogen and oxygen atoms in total. The Hall–Kier alpha value is -2.84. The van der Waals surface area contributed by atoms with E-state index in [-0.39, 0.29) is 65.4 Å². The van der Waals surface area contributed by atoms with E-state index < -0.39 is 11.9 Å². The zero-order chi connectivity index (χ0) is 28.6. The van der Waals surface area contributed by atoms with Crippen molar-refractivity contribution < 1.29 is 24.3 Å². The summed E-state index contributed by atoms with van der Waals surface area (Å²) in [4.78, 5) is 55.3. The van der Waals surface area contributed by atoms with E-state index in [4.69, 9.17) is 5.73 Å². The van der Waals surface area contributed by atoms with Crippen molar-refractivity contribution >= 4 is 35.3 Å². The van der Waals surface area contributed by atoms with Gasteiger partial charge in [0.15, 0.2) is 5.78 Å². The minimum atomic E-state index is -1.12.